The van der Waals surface area contributed by atoms with Crippen LogP contribution in [0.25, 0.3) is 6.08 Å². The first-order chi connectivity index (χ1) is 10.0. The molecule has 7 heteroatoms. The summed E-state index contributed by atoms with van der Waals surface area (Å²) in [7, 11) is 0. The largest absolute Gasteiger partial charge is 0.464 e. The van der Waals surface area contributed by atoms with E-state index < -0.39 is 23.1 Å². The maximum Gasteiger partial charge on any atom is 0.313 e. The number of benzene rings is 1. The fourth-order valence-corrected chi connectivity index (χ4v) is 1.39. The Bertz CT molecular complexity index is 616. The number of hydrogen-bond donors (Lipinski definition) is 0. The van der Waals surface area contributed by atoms with Gasteiger partial charge in [-0.3, -0.25) is 19.7 Å². The van der Waals surface area contributed by atoms with E-state index in [9.17, 15) is 19.7 Å². The fourth-order valence-electron chi connectivity index (χ4n) is 1.39. The SMILES string of the molecule is N#CCCOC(=O)CC(=O)C=Cc1cccc([N+](=O)[O-])c1. The molecule has 0 atom stereocenters. The van der Waals surface area contributed by atoms with Crippen LogP contribution in [0.5, 0.6) is 0 Å². The average Bonchev–Trinajstić information content (AvgIpc) is 2.45. The molecule has 21 heavy (non-hydrogen) atoms. The monoisotopic (exact) mass is 288 g/mol. The van der Waals surface area contributed by atoms with Crippen LogP contribution < -0.4 is 0 Å². The number of non-ortho nitro benzene ring substituents is 1. The summed E-state index contributed by atoms with van der Waals surface area (Å²) in [6.07, 6.45) is 2.18. The summed E-state index contributed by atoms with van der Waals surface area (Å²) < 4.78 is 4.65. The van der Waals surface area contributed by atoms with Crippen LogP contribution in [-0.4, -0.2) is 23.3 Å². The molecule has 0 saturated carbocycles. The third kappa shape index (κ3) is 6.11. The second-order valence-electron chi connectivity index (χ2n) is 3.96. The standard InChI is InChI=1S/C14H12N2O5/c15-7-2-8-21-14(18)10-13(17)6-5-11-3-1-4-12(9-11)16(19)20/h1,3-6,9H,2,8,10H2. The lowest BCUT2D eigenvalue weighted by atomic mass is 10.1. The lowest BCUT2D eigenvalue weighted by Crippen LogP contribution is -2.10. The second kappa shape index (κ2) is 8.22. The van der Waals surface area contributed by atoms with E-state index in [0.29, 0.717) is 5.56 Å². The summed E-state index contributed by atoms with van der Waals surface area (Å²) in [5.74, 6) is -1.19. The van der Waals surface area contributed by atoms with Crippen molar-refractivity contribution in [2.45, 2.75) is 12.8 Å². The number of hydrogen-bond acceptors (Lipinski definition) is 6. The van der Waals surface area contributed by atoms with Gasteiger partial charge >= 0.3 is 5.97 Å². The second-order valence-corrected chi connectivity index (χ2v) is 3.96. The molecule has 0 fully saturated rings. The molecular formula is C14H12N2O5. The first-order valence-electron chi connectivity index (χ1n) is 6.01. The predicted octanol–water partition coefficient (Wildman–Crippen LogP) is 2.02. The van der Waals surface area contributed by atoms with E-state index in [4.69, 9.17) is 5.26 Å². The summed E-state index contributed by atoms with van der Waals surface area (Å²) in [5.41, 5.74) is 0.399. The molecule has 0 unspecified atom stereocenters. The van der Waals surface area contributed by atoms with Crippen molar-refractivity contribution in [3.63, 3.8) is 0 Å². The van der Waals surface area contributed by atoms with Crippen molar-refractivity contribution in [2.24, 2.45) is 0 Å². The Morgan fingerprint density at radius 2 is 2.19 bits per heavy atom. The van der Waals surface area contributed by atoms with Gasteiger partial charge in [0.25, 0.3) is 5.69 Å². The topological polar surface area (TPSA) is 110 Å². The first-order valence-corrected chi connectivity index (χ1v) is 6.01. The quantitative estimate of drug-likeness (QED) is 0.189. The van der Waals surface area contributed by atoms with Gasteiger partial charge in [-0.15, -0.1) is 0 Å². The van der Waals surface area contributed by atoms with Crippen molar-refractivity contribution in [1.82, 2.24) is 0 Å². The Kier molecular flexibility index (Phi) is 6.28. The minimum absolute atomic E-state index is 0.0444. The highest BCUT2D eigenvalue weighted by atomic mass is 16.6. The fraction of sp³-hybridized carbons (Fsp3) is 0.214. The molecule has 1 aromatic rings. The van der Waals surface area contributed by atoms with Gasteiger partial charge in [0.05, 0.1) is 17.4 Å². The van der Waals surface area contributed by atoms with Crippen LogP contribution in [0.15, 0.2) is 30.3 Å². The number of allylic oxidation sites excluding steroid dienone is 1. The zero-order valence-corrected chi connectivity index (χ0v) is 11.0. The average molecular weight is 288 g/mol. The number of nitro benzene ring substituents is 1. The lowest BCUT2D eigenvalue weighted by molar-refractivity contribution is -0.384. The summed E-state index contributed by atoms with van der Waals surface area (Å²) in [6, 6.07) is 7.56. The molecule has 0 aromatic heterocycles. The smallest absolute Gasteiger partial charge is 0.313 e. The van der Waals surface area contributed by atoms with Crippen LogP contribution in [0.1, 0.15) is 18.4 Å². The van der Waals surface area contributed by atoms with Gasteiger partial charge in [0, 0.05) is 12.1 Å². The molecule has 1 aromatic carbocycles. The zero-order chi connectivity index (χ0) is 15.7. The molecular weight excluding hydrogens is 276 g/mol. The van der Waals surface area contributed by atoms with Crippen LogP contribution in [-0.2, 0) is 14.3 Å². The molecule has 108 valence electrons. The number of nitriles is 1. The van der Waals surface area contributed by atoms with E-state index in [2.05, 4.69) is 4.74 Å². The van der Waals surface area contributed by atoms with Crippen molar-refractivity contribution in [1.29, 1.82) is 5.26 Å². The lowest BCUT2D eigenvalue weighted by Gasteiger charge is -1.99. The van der Waals surface area contributed by atoms with Gasteiger partial charge in [-0.2, -0.15) is 5.26 Å². The third-order valence-corrected chi connectivity index (χ3v) is 2.34. The number of nitrogens with zero attached hydrogens (tertiary/aromatic N) is 2. The molecule has 0 bridgehead atoms. The Labute approximate surface area is 120 Å². The van der Waals surface area contributed by atoms with Crippen LogP contribution in [0.2, 0.25) is 0 Å². The predicted molar refractivity (Wildman–Crippen MR) is 72.9 cm³/mol. The molecule has 1 rings (SSSR count). The number of ketones is 1. The van der Waals surface area contributed by atoms with Crippen LogP contribution in [0, 0.1) is 21.4 Å². The van der Waals surface area contributed by atoms with Crippen molar-refractivity contribution >= 4 is 23.5 Å². The number of rotatable bonds is 7. The highest BCUT2D eigenvalue weighted by Gasteiger charge is 2.08. The van der Waals surface area contributed by atoms with Crippen molar-refractivity contribution in [3.05, 3.63) is 46.0 Å². The van der Waals surface area contributed by atoms with E-state index in [1.807, 2.05) is 0 Å². The molecule has 0 heterocycles. The van der Waals surface area contributed by atoms with E-state index in [1.54, 1.807) is 12.1 Å². The molecule has 0 aliphatic carbocycles. The van der Waals surface area contributed by atoms with E-state index in [0.717, 1.165) is 6.08 Å². The summed E-state index contributed by atoms with van der Waals surface area (Å²) in [4.78, 5) is 32.8. The Morgan fingerprint density at radius 3 is 2.86 bits per heavy atom. The van der Waals surface area contributed by atoms with Crippen LogP contribution >= 0.6 is 0 Å². The normalized spacial score (nSPS) is 10.0. The summed E-state index contributed by atoms with van der Waals surface area (Å²) >= 11 is 0. The number of carbonyl (C=O) groups excluding carboxylic acids is 2. The number of nitro groups is 1. The van der Waals surface area contributed by atoms with Crippen LogP contribution in [0.4, 0.5) is 5.69 Å². The van der Waals surface area contributed by atoms with Crippen LogP contribution in [0.3, 0.4) is 0 Å². The van der Waals surface area contributed by atoms with E-state index in [1.165, 1.54) is 24.3 Å². The number of ether oxygens (including phenoxy) is 1. The summed E-state index contributed by atoms with van der Waals surface area (Å²) in [6.45, 7) is -0.0444. The minimum atomic E-state index is -0.709. The highest BCUT2D eigenvalue weighted by Crippen LogP contribution is 2.14. The van der Waals surface area contributed by atoms with Crippen molar-refractivity contribution in [3.8, 4) is 6.07 Å². The Hall–Kier alpha value is -3.01. The minimum Gasteiger partial charge on any atom is -0.464 e. The third-order valence-electron chi connectivity index (χ3n) is 2.34. The molecule has 0 aliphatic rings. The van der Waals surface area contributed by atoms with Gasteiger partial charge in [-0.25, -0.2) is 0 Å². The maximum absolute atomic E-state index is 11.5. The highest BCUT2D eigenvalue weighted by molar-refractivity contribution is 6.03. The van der Waals surface area contributed by atoms with Gasteiger partial charge in [0.15, 0.2) is 5.78 Å². The van der Waals surface area contributed by atoms with Gasteiger partial charge < -0.3 is 4.74 Å². The molecule has 0 amide bonds. The van der Waals surface area contributed by atoms with Gasteiger partial charge in [0.1, 0.15) is 13.0 Å². The molecule has 7 nitrogen and oxygen atoms in total. The Morgan fingerprint density at radius 1 is 1.43 bits per heavy atom. The number of carbonyl (C=O) groups is 2. The molecule has 0 saturated heterocycles. The molecule has 0 N–H and O–H groups in total. The van der Waals surface area contributed by atoms with E-state index in [-0.39, 0.29) is 18.7 Å². The van der Waals surface area contributed by atoms with Gasteiger partial charge in [-0.05, 0) is 11.6 Å². The van der Waals surface area contributed by atoms with Gasteiger partial charge in [0.2, 0.25) is 0 Å². The maximum atomic E-state index is 11.5. The molecule has 0 spiro atoms. The molecule has 0 aliphatic heterocycles. The summed E-state index contributed by atoms with van der Waals surface area (Å²) in [5, 5.41) is 18.9. The van der Waals surface area contributed by atoms with Crippen molar-refractivity contribution in [2.75, 3.05) is 6.61 Å². The van der Waals surface area contributed by atoms with E-state index >= 15 is 0 Å². The molecule has 0 radical (unpaired) electrons. The zero-order valence-electron chi connectivity index (χ0n) is 11.0. The van der Waals surface area contributed by atoms with Crippen molar-refractivity contribution < 1.29 is 19.2 Å². The van der Waals surface area contributed by atoms with Gasteiger partial charge in [-0.1, -0.05) is 18.2 Å². The number of esters is 1. The first kappa shape index (κ1) is 16.0. The Balaban J connectivity index is 2.54.